The molecule has 1 aliphatic heterocycles. The molecule has 0 bridgehead atoms. The van der Waals surface area contributed by atoms with Gasteiger partial charge in [-0.15, -0.1) is 0 Å². The van der Waals surface area contributed by atoms with Crippen LogP contribution in [0.4, 0.5) is 0 Å². The summed E-state index contributed by atoms with van der Waals surface area (Å²) in [6.07, 6.45) is 8.05. The monoisotopic (exact) mass is 460 g/mol. The average molecular weight is 461 g/mol. The van der Waals surface area contributed by atoms with Crippen LogP contribution >= 0.6 is 0 Å². The van der Waals surface area contributed by atoms with Gasteiger partial charge in [0.25, 0.3) is 5.79 Å². The summed E-state index contributed by atoms with van der Waals surface area (Å²) in [5.41, 5.74) is 3.97. The molecular formula is C29H32O5. The van der Waals surface area contributed by atoms with Crippen LogP contribution in [-0.4, -0.2) is 11.8 Å². The minimum absolute atomic E-state index is 0.0184. The molecule has 34 heavy (non-hydrogen) atoms. The second-order valence-electron chi connectivity index (χ2n) is 9.19. The number of hydrogen-bond acceptors (Lipinski definition) is 5. The van der Waals surface area contributed by atoms with Gasteiger partial charge in [0.05, 0.1) is 12.7 Å². The van der Waals surface area contributed by atoms with Crippen molar-refractivity contribution in [1.82, 2.24) is 0 Å². The number of Topliss-reactive ketones (excluding diaryl/α,β-unsaturated/α-hetero) is 1. The van der Waals surface area contributed by atoms with E-state index < -0.39 is 11.8 Å². The van der Waals surface area contributed by atoms with Gasteiger partial charge in [0, 0.05) is 17.0 Å². The Kier molecular flexibility index (Phi) is 6.92. The predicted molar refractivity (Wildman–Crippen MR) is 131 cm³/mol. The van der Waals surface area contributed by atoms with E-state index in [1.165, 1.54) is 18.8 Å². The van der Waals surface area contributed by atoms with Crippen LogP contribution in [0.5, 0.6) is 11.5 Å². The van der Waals surface area contributed by atoms with Crippen LogP contribution in [0.2, 0.25) is 0 Å². The van der Waals surface area contributed by atoms with Gasteiger partial charge >= 0.3 is 5.97 Å². The first-order valence-corrected chi connectivity index (χ1v) is 12.0. The normalized spacial score (nSPS) is 21.6. The number of benzene rings is 2. The number of carbonyl (C=O) groups is 2. The second-order valence-corrected chi connectivity index (χ2v) is 9.19. The van der Waals surface area contributed by atoms with Crippen LogP contribution in [0, 0.1) is 0 Å². The Balaban J connectivity index is 2.00. The summed E-state index contributed by atoms with van der Waals surface area (Å²) in [5, 5.41) is 0. The molecule has 0 amide bonds. The fourth-order valence-electron chi connectivity index (χ4n) is 5.07. The van der Waals surface area contributed by atoms with E-state index in [9.17, 15) is 9.59 Å². The zero-order valence-corrected chi connectivity index (χ0v) is 20.2. The SMILES string of the molecule is C=COc1cc(CCC)c2c(c1[C@@H]1C=C(C)CCC1)OC(CC(C)=O)(c1ccccc1)OC2=O. The Morgan fingerprint density at radius 1 is 1.26 bits per heavy atom. The van der Waals surface area contributed by atoms with Crippen LogP contribution < -0.4 is 9.47 Å². The van der Waals surface area contributed by atoms with Crippen molar-refractivity contribution in [3.63, 3.8) is 0 Å². The van der Waals surface area contributed by atoms with Gasteiger partial charge in [-0.05, 0) is 51.2 Å². The number of carbonyl (C=O) groups excluding carboxylic acids is 2. The molecule has 0 fully saturated rings. The molecule has 2 atom stereocenters. The fourth-order valence-corrected chi connectivity index (χ4v) is 5.07. The van der Waals surface area contributed by atoms with E-state index in [0.717, 1.165) is 36.8 Å². The molecular weight excluding hydrogens is 428 g/mol. The Bertz CT molecular complexity index is 1130. The third-order valence-corrected chi connectivity index (χ3v) is 6.46. The van der Waals surface area contributed by atoms with Crippen molar-refractivity contribution < 1.29 is 23.8 Å². The van der Waals surface area contributed by atoms with E-state index in [1.54, 1.807) is 0 Å². The van der Waals surface area contributed by atoms with E-state index in [4.69, 9.17) is 14.2 Å². The first-order chi connectivity index (χ1) is 16.4. The van der Waals surface area contributed by atoms with E-state index in [1.807, 2.05) is 36.4 Å². The van der Waals surface area contributed by atoms with Crippen molar-refractivity contribution in [2.75, 3.05) is 0 Å². The number of rotatable bonds is 8. The third-order valence-electron chi connectivity index (χ3n) is 6.46. The lowest BCUT2D eigenvalue weighted by Gasteiger charge is -2.40. The summed E-state index contributed by atoms with van der Waals surface area (Å²) in [7, 11) is 0. The van der Waals surface area contributed by atoms with E-state index in [0.29, 0.717) is 29.0 Å². The summed E-state index contributed by atoms with van der Waals surface area (Å²) >= 11 is 0. The average Bonchev–Trinajstić information content (AvgIpc) is 2.79. The quantitative estimate of drug-likeness (QED) is 0.247. The lowest BCUT2D eigenvalue weighted by molar-refractivity contribution is -0.172. The number of aryl methyl sites for hydroxylation is 1. The summed E-state index contributed by atoms with van der Waals surface area (Å²) in [5.74, 6) is -1.03. The van der Waals surface area contributed by atoms with Crippen molar-refractivity contribution in [2.45, 2.75) is 71.0 Å². The topological polar surface area (TPSA) is 61.8 Å². The van der Waals surface area contributed by atoms with Crippen molar-refractivity contribution in [1.29, 1.82) is 0 Å². The number of ketones is 1. The molecule has 1 unspecified atom stereocenters. The molecule has 0 radical (unpaired) electrons. The molecule has 4 rings (SSSR count). The van der Waals surface area contributed by atoms with Crippen LogP contribution in [-0.2, 0) is 21.7 Å². The number of allylic oxidation sites excluding steroid dienone is 2. The highest BCUT2D eigenvalue weighted by Gasteiger charge is 2.48. The van der Waals surface area contributed by atoms with Crippen LogP contribution in [0.1, 0.15) is 85.8 Å². The summed E-state index contributed by atoms with van der Waals surface area (Å²) in [4.78, 5) is 26.0. The van der Waals surface area contributed by atoms with Gasteiger partial charge in [0.15, 0.2) is 0 Å². The van der Waals surface area contributed by atoms with Gasteiger partial charge in [0.1, 0.15) is 22.8 Å². The molecule has 178 valence electrons. The van der Waals surface area contributed by atoms with Crippen molar-refractivity contribution in [2.24, 2.45) is 0 Å². The Hall–Kier alpha value is -3.34. The standard InChI is InChI=1S/C29H32O5/c1-5-11-21-17-24(32-6-2)25(22-13-10-12-19(3)16-22)27-26(21)28(31)34-29(33-27,18-20(4)30)23-14-8-7-9-15-23/h6-9,14-17,22H,2,5,10-13,18H2,1,3-4H3/t22-,29?/m0/s1. The van der Waals surface area contributed by atoms with Gasteiger partial charge in [-0.25, -0.2) is 4.79 Å². The smallest absolute Gasteiger partial charge is 0.345 e. The molecule has 2 aliphatic rings. The first kappa shape index (κ1) is 23.8. The zero-order valence-electron chi connectivity index (χ0n) is 20.2. The molecule has 1 aliphatic carbocycles. The predicted octanol–water partition coefficient (Wildman–Crippen LogP) is 6.76. The summed E-state index contributed by atoms with van der Waals surface area (Å²) in [6, 6.07) is 11.1. The molecule has 5 heteroatoms. The largest absolute Gasteiger partial charge is 0.465 e. The van der Waals surface area contributed by atoms with Gasteiger partial charge < -0.3 is 14.2 Å². The Morgan fingerprint density at radius 2 is 2.03 bits per heavy atom. The highest BCUT2D eigenvalue weighted by molar-refractivity contribution is 5.97. The minimum atomic E-state index is -1.53. The zero-order chi connectivity index (χ0) is 24.3. The van der Waals surface area contributed by atoms with Crippen molar-refractivity contribution in [3.8, 4) is 11.5 Å². The lowest BCUT2D eigenvalue weighted by atomic mass is 9.82. The van der Waals surface area contributed by atoms with Crippen molar-refractivity contribution in [3.05, 3.63) is 83.1 Å². The molecule has 0 spiro atoms. The number of esters is 1. The van der Waals surface area contributed by atoms with E-state index >= 15 is 0 Å². The summed E-state index contributed by atoms with van der Waals surface area (Å²) in [6.45, 7) is 9.42. The van der Waals surface area contributed by atoms with Crippen LogP contribution in [0.25, 0.3) is 0 Å². The molecule has 2 aromatic rings. The van der Waals surface area contributed by atoms with Gasteiger partial charge in [0.2, 0.25) is 0 Å². The molecule has 0 saturated carbocycles. The number of hydrogen-bond donors (Lipinski definition) is 0. The molecule has 0 aromatic heterocycles. The van der Waals surface area contributed by atoms with E-state index in [-0.39, 0.29) is 18.1 Å². The highest BCUT2D eigenvalue weighted by Crippen LogP contribution is 2.50. The minimum Gasteiger partial charge on any atom is -0.465 e. The fraction of sp³-hybridized carbons (Fsp3) is 0.379. The number of fused-ring (bicyclic) bond motifs is 1. The van der Waals surface area contributed by atoms with Gasteiger partial charge in [-0.3, -0.25) is 4.79 Å². The maximum Gasteiger partial charge on any atom is 0.345 e. The number of cyclic esters (lactones) is 1. The van der Waals surface area contributed by atoms with Gasteiger partial charge in [-0.1, -0.05) is 61.9 Å². The Labute approximate surface area is 201 Å². The lowest BCUT2D eigenvalue weighted by Crippen LogP contribution is -2.44. The Morgan fingerprint density at radius 3 is 2.68 bits per heavy atom. The first-order valence-electron chi connectivity index (χ1n) is 12.0. The highest BCUT2D eigenvalue weighted by atomic mass is 16.7. The maximum absolute atomic E-state index is 13.6. The van der Waals surface area contributed by atoms with Crippen molar-refractivity contribution >= 4 is 11.8 Å². The molecule has 1 heterocycles. The second kappa shape index (κ2) is 9.88. The van der Waals surface area contributed by atoms with Crippen LogP contribution in [0.15, 0.2) is 60.9 Å². The molecule has 0 N–H and O–H groups in total. The number of ether oxygens (including phenoxy) is 3. The molecule has 2 aromatic carbocycles. The third kappa shape index (κ3) is 4.52. The summed E-state index contributed by atoms with van der Waals surface area (Å²) < 4.78 is 18.6. The molecule has 5 nitrogen and oxygen atoms in total. The maximum atomic E-state index is 13.6. The van der Waals surface area contributed by atoms with Gasteiger partial charge in [-0.2, -0.15) is 0 Å². The molecule has 0 saturated heterocycles. The van der Waals surface area contributed by atoms with E-state index in [2.05, 4.69) is 26.5 Å². The van der Waals surface area contributed by atoms with Crippen LogP contribution in [0.3, 0.4) is 0 Å².